The number of rotatable bonds is 2. The number of alkyl halides is 3. The molecule has 0 radical (unpaired) electrons. The lowest BCUT2D eigenvalue weighted by Gasteiger charge is -2.30. The monoisotopic (exact) mass is 317 g/mol. The van der Waals surface area contributed by atoms with Gasteiger partial charge in [0.15, 0.2) is 0 Å². The minimum Gasteiger partial charge on any atom is -0.481 e. The van der Waals surface area contributed by atoms with E-state index in [1.807, 2.05) is 0 Å². The molecule has 2 rings (SSSR count). The normalized spacial score (nSPS) is 16.4. The third-order valence-electron chi connectivity index (χ3n) is 3.44. The molecule has 0 unspecified atom stereocenters. The highest BCUT2D eigenvalue weighted by atomic mass is 19.4. The van der Waals surface area contributed by atoms with Crippen LogP contribution in [-0.4, -0.2) is 40.1 Å². The summed E-state index contributed by atoms with van der Waals surface area (Å²) in [6, 6.07) is 1.43. The number of carbonyl (C=O) groups excluding carboxylic acids is 1. The molecule has 0 saturated carbocycles. The van der Waals surface area contributed by atoms with Gasteiger partial charge in [-0.1, -0.05) is 0 Å². The van der Waals surface area contributed by atoms with E-state index in [0.717, 1.165) is 18.3 Å². The summed E-state index contributed by atoms with van der Waals surface area (Å²) in [6.07, 6.45) is -2.88. The minimum atomic E-state index is -4.53. The number of nitrogens with one attached hydrogen (secondary N) is 1. The summed E-state index contributed by atoms with van der Waals surface area (Å²) in [7, 11) is 0. The molecule has 2 amide bonds. The maximum Gasteiger partial charge on any atom is 0.433 e. The first-order valence-electron chi connectivity index (χ1n) is 6.59. The van der Waals surface area contributed by atoms with E-state index in [4.69, 9.17) is 5.11 Å². The Balaban J connectivity index is 1.91. The van der Waals surface area contributed by atoms with E-state index in [9.17, 15) is 22.8 Å². The Bertz CT molecular complexity index is 552. The van der Waals surface area contributed by atoms with Gasteiger partial charge in [0.25, 0.3) is 0 Å². The van der Waals surface area contributed by atoms with Gasteiger partial charge in [-0.2, -0.15) is 13.2 Å². The van der Waals surface area contributed by atoms with Crippen molar-refractivity contribution in [2.45, 2.75) is 19.0 Å². The second-order valence-electron chi connectivity index (χ2n) is 4.96. The van der Waals surface area contributed by atoms with Gasteiger partial charge in [-0.05, 0) is 25.0 Å². The van der Waals surface area contributed by atoms with Crippen molar-refractivity contribution >= 4 is 17.7 Å². The third kappa shape index (κ3) is 3.86. The van der Waals surface area contributed by atoms with E-state index in [1.54, 1.807) is 0 Å². The van der Waals surface area contributed by atoms with Gasteiger partial charge in [0.2, 0.25) is 0 Å². The van der Waals surface area contributed by atoms with E-state index in [2.05, 4.69) is 10.3 Å². The Labute approximate surface area is 123 Å². The quantitative estimate of drug-likeness (QED) is 0.877. The second-order valence-corrected chi connectivity index (χ2v) is 4.96. The van der Waals surface area contributed by atoms with Gasteiger partial charge < -0.3 is 15.3 Å². The van der Waals surface area contributed by atoms with E-state index >= 15 is 0 Å². The largest absolute Gasteiger partial charge is 0.481 e. The fourth-order valence-electron chi connectivity index (χ4n) is 2.17. The van der Waals surface area contributed by atoms with Gasteiger partial charge in [-0.3, -0.25) is 4.79 Å². The van der Waals surface area contributed by atoms with Crippen LogP contribution in [0.25, 0.3) is 0 Å². The predicted molar refractivity (Wildman–Crippen MR) is 70.2 cm³/mol. The Morgan fingerprint density at radius 2 is 1.91 bits per heavy atom. The zero-order chi connectivity index (χ0) is 16.3. The van der Waals surface area contributed by atoms with Crippen LogP contribution < -0.4 is 5.32 Å². The molecular weight excluding hydrogens is 303 g/mol. The number of piperidine rings is 1. The molecule has 1 fully saturated rings. The SMILES string of the molecule is O=C(O)C1CCN(C(=O)Nc2ccc(C(F)(F)F)nc2)CC1. The maximum absolute atomic E-state index is 12.4. The maximum atomic E-state index is 12.4. The van der Waals surface area contributed by atoms with Gasteiger partial charge in [0.05, 0.1) is 17.8 Å². The molecular formula is C13H14F3N3O3. The number of urea groups is 1. The van der Waals surface area contributed by atoms with Crippen molar-refractivity contribution in [1.82, 2.24) is 9.88 Å². The molecule has 0 aliphatic carbocycles. The number of aromatic nitrogens is 1. The van der Waals surface area contributed by atoms with Crippen molar-refractivity contribution in [2.24, 2.45) is 5.92 Å². The van der Waals surface area contributed by atoms with Crippen LogP contribution in [0.1, 0.15) is 18.5 Å². The van der Waals surface area contributed by atoms with E-state index < -0.39 is 29.8 Å². The van der Waals surface area contributed by atoms with Crippen molar-refractivity contribution in [2.75, 3.05) is 18.4 Å². The van der Waals surface area contributed by atoms with Crippen molar-refractivity contribution < 1.29 is 27.9 Å². The molecule has 6 nitrogen and oxygen atoms in total. The lowest BCUT2D eigenvalue weighted by atomic mass is 9.97. The number of likely N-dealkylation sites (tertiary alicyclic amines) is 1. The number of pyridine rings is 1. The number of hydrogen-bond donors (Lipinski definition) is 2. The van der Waals surface area contributed by atoms with E-state index in [0.29, 0.717) is 12.8 Å². The smallest absolute Gasteiger partial charge is 0.433 e. The first-order valence-corrected chi connectivity index (χ1v) is 6.59. The van der Waals surface area contributed by atoms with Crippen molar-refractivity contribution in [3.63, 3.8) is 0 Å². The molecule has 1 aromatic heterocycles. The van der Waals surface area contributed by atoms with Gasteiger partial charge >= 0.3 is 18.2 Å². The first-order chi connectivity index (χ1) is 10.3. The van der Waals surface area contributed by atoms with E-state index in [-0.39, 0.29) is 18.8 Å². The lowest BCUT2D eigenvalue weighted by Crippen LogP contribution is -2.42. The zero-order valence-electron chi connectivity index (χ0n) is 11.4. The number of carboxylic acid groups (broad SMARTS) is 1. The number of anilines is 1. The number of nitrogens with zero attached hydrogens (tertiary/aromatic N) is 2. The minimum absolute atomic E-state index is 0.151. The highest BCUT2D eigenvalue weighted by Crippen LogP contribution is 2.28. The van der Waals surface area contributed by atoms with Crippen LogP contribution >= 0.6 is 0 Å². The van der Waals surface area contributed by atoms with Crippen molar-refractivity contribution in [1.29, 1.82) is 0 Å². The summed E-state index contributed by atoms with van der Waals surface area (Å²) in [5.74, 6) is -1.34. The van der Waals surface area contributed by atoms with Gasteiger partial charge in [-0.25, -0.2) is 9.78 Å². The molecule has 1 aromatic rings. The average Bonchev–Trinajstić information content (AvgIpc) is 2.47. The first kappa shape index (κ1) is 16.1. The number of aliphatic carboxylic acids is 1. The fourth-order valence-corrected chi connectivity index (χ4v) is 2.17. The highest BCUT2D eigenvalue weighted by molar-refractivity contribution is 5.89. The summed E-state index contributed by atoms with van der Waals surface area (Å²) >= 11 is 0. The van der Waals surface area contributed by atoms with Crippen molar-refractivity contribution in [3.8, 4) is 0 Å². The number of halogens is 3. The third-order valence-corrected chi connectivity index (χ3v) is 3.44. The zero-order valence-corrected chi connectivity index (χ0v) is 11.4. The van der Waals surface area contributed by atoms with Gasteiger partial charge in [0, 0.05) is 13.1 Å². The van der Waals surface area contributed by atoms with Gasteiger partial charge in [-0.15, -0.1) is 0 Å². The molecule has 0 spiro atoms. The molecule has 2 N–H and O–H groups in total. The van der Waals surface area contributed by atoms with Crippen molar-refractivity contribution in [3.05, 3.63) is 24.0 Å². The van der Waals surface area contributed by atoms with Gasteiger partial charge in [0.1, 0.15) is 5.69 Å². The Morgan fingerprint density at radius 1 is 1.27 bits per heavy atom. The van der Waals surface area contributed by atoms with Crippen LogP contribution in [0.15, 0.2) is 18.3 Å². The molecule has 0 aromatic carbocycles. The molecule has 0 bridgehead atoms. The number of carboxylic acids is 1. The number of amides is 2. The Hall–Kier alpha value is -2.32. The summed E-state index contributed by atoms with van der Waals surface area (Å²) in [5, 5.41) is 11.3. The number of hydrogen-bond acceptors (Lipinski definition) is 3. The molecule has 0 atom stereocenters. The number of carbonyl (C=O) groups is 2. The molecule has 9 heteroatoms. The van der Waals surface area contributed by atoms with Crippen LogP contribution in [0.2, 0.25) is 0 Å². The van der Waals surface area contributed by atoms with E-state index in [1.165, 1.54) is 4.90 Å². The molecule has 2 heterocycles. The Kier molecular flexibility index (Phi) is 4.53. The highest BCUT2D eigenvalue weighted by Gasteiger charge is 2.32. The van der Waals surface area contributed by atoms with Crippen LogP contribution in [0.5, 0.6) is 0 Å². The predicted octanol–water partition coefficient (Wildman–Crippen LogP) is 2.43. The standard InChI is InChI=1S/C13H14F3N3O3/c14-13(15,16)10-2-1-9(7-17-10)18-12(22)19-5-3-8(4-6-19)11(20)21/h1-2,7-8H,3-6H2,(H,18,22)(H,20,21). The molecule has 1 aliphatic rings. The topological polar surface area (TPSA) is 82.5 Å². The lowest BCUT2D eigenvalue weighted by molar-refractivity contribution is -0.143. The van der Waals surface area contributed by atoms with Crippen LogP contribution in [0, 0.1) is 5.92 Å². The summed E-state index contributed by atoms with van der Waals surface area (Å²) in [6.45, 7) is 0.577. The summed E-state index contributed by atoms with van der Waals surface area (Å²) in [4.78, 5) is 27.4. The molecule has 1 saturated heterocycles. The van der Waals surface area contributed by atoms with Crippen LogP contribution in [-0.2, 0) is 11.0 Å². The fraction of sp³-hybridized carbons (Fsp3) is 0.462. The van der Waals surface area contributed by atoms with Crippen LogP contribution in [0.4, 0.5) is 23.7 Å². The summed E-state index contributed by atoms with van der Waals surface area (Å²) in [5.41, 5.74) is -0.883. The Morgan fingerprint density at radius 3 is 2.36 bits per heavy atom. The molecule has 1 aliphatic heterocycles. The van der Waals surface area contributed by atoms with Crippen LogP contribution in [0.3, 0.4) is 0 Å². The molecule has 22 heavy (non-hydrogen) atoms. The summed E-state index contributed by atoms with van der Waals surface area (Å²) < 4.78 is 37.1. The average molecular weight is 317 g/mol. The molecule has 120 valence electrons. The second kappa shape index (κ2) is 6.20.